The normalized spacial score (nSPS) is 56.4. The van der Waals surface area contributed by atoms with E-state index in [2.05, 4.69) is 6.92 Å². The van der Waals surface area contributed by atoms with Crippen molar-refractivity contribution >= 4 is 5.97 Å². The Labute approximate surface area is 144 Å². The van der Waals surface area contributed by atoms with Gasteiger partial charge in [-0.25, -0.2) is 0 Å². The Morgan fingerprint density at radius 1 is 1.08 bits per heavy atom. The number of hydrogen-bond acceptors (Lipinski definition) is 3. The number of carboxylic acid groups (broad SMARTS) is 1. The number of hydrogen-bond donors (Lipinski definition) is 3. The van der Waals surface area contributed by atoms with E-state index >= 15 is 0 Å². The van der Waals surface area contributed by atoms with Crippen LogP contribution in [0.15, 0.2) is 0 Å². The average Bonchev–Trinajstić information content (AvgIpc) is 2.73. The molecule has 0 unspecified atom stereocenters. The zero-order chi connectivity index (χ0) is 17.4. The summed E-state index contributed by atoms with van der Waals surface area (Å²) in [5, 5.41) is 30.6. The lowest BCUT2D eigenvalue weighted by Crippen LogP contribution is -2.58. The lowest BCUT2D eigenvalue weighted by Gasteiger charge is -2.63. The lowest BCUT2D eigenvalue weighted by atomic mass is 9.41. The van der Waals surface area contributed by atoms with Crippen LogP contribution in [0.4, 0.5) is 0 Å². The highest BCUT2D eigenvalue weighted by atomic mass is 16.4. The Hall–Kier alpha value is -0.610. The van der Waals surface area contributed by atoms with Crippen molar-refractivity contribution in [3.8, 4) is 0 Å². The maximum absolute atomic E-state index is 12.1. The minimum atomic E-state index is -0.900. The fraction of sp³-hybridized carbons (Fsp3) is 0.950. The molecule has 0 aromatic rings. The first-order valence-electron chi connectivity index (χ1n) is 9.77. The fourth-order valence-electron chi connectivity index (χ4n) is 8.06. The maximum atomic E-state index is 12.1. The van der Waals surface area contributed by atoms with Crippen molar-refractivity contribution in [3.05, 3.63) is 0 Å². The van der Waals surface area contributed by atoms with Gasteiger partial charge in [-0.3, -0.25) is 4.79 Å². The largest absolute Gasteiger partial charge is 0.481 e. The highest BCUT2D eigenvalue weighted by molar-refractivity contribution is 5.75. The van der Waals surface area contributed by atoms with Crippen LogP contribution in [0.2, 0.25) is 0 Å². The van der Waals surface area contributed by atoms with Crippen LogP contribution in [0.3, 0.4) is 0 Å². The van der Waals surface area contributed by atoms with Gasteiger partial charge in [0.2, 0.25) is 0 Å². The van der Waals surface area contributed by atoms with Crippen molar-refractivity contribution in [1.29, 1.82) is 0 Å². The summed E-state index contributed by atoms with van der Waals surface area (Å²) in [6.45, 7) is 4.19. The second-order valence-electron chi connectivity index (χ2n) is 10.0. The van der Waals surface area contributed by atoms with Gasteiger partial charge in [-0.15, -0.1) is 0 Å². The number of aliphatic hydroxyl groups is 2. The van der Waals surface area contributed by atoms with Gasteiger partial charge >= 0.3 is 5.97 Å². The molecule has 0 aromatic heterocycles. The molecule has 0 aromatic carbocycles. The predicted molar refractivity (Wildman–Crippen MR) is 90.3 cm³/mol. The van der Waals surface area contributed by atoms with Gasteiger partial charge in [0.05, 0.1) is 17.6 Å². The zero-order valence-electron chi connectivity index (χ0n) is 15.1. The van der Waals surface area contributed by atoms with Crippen molar-refractivity contribution in [2.75, 3.05) is 6.61 Å². The Morgan fingerprint density at radius 3 is 2.50 bits per heavy atom. The number of rotatable bonds is 2. The van der Waals surface area contributed by atoms with E-state index in [0.717, 1.165) is 57.8 Å². The number of aliphatic carboxylic acids is 1. The van der Waals surface area contributed by atoms with Crippen LogP contribution in [0.25, 0.3) is 0 Å². The summed E-state index contributed by atoms with van der Waals surface area (Å²) in [5.41, 5.74) is -1.31. The summed E-state index contributed by atoms with van der Waals surface area (Å²) in [4.78, 5) is 12.1. The Balaban J connectivity index is 1.73. The van der Waals surface area contributed by atoms with E-state index < -0.39 is 17.0 Å². The fourth-order valence-corrected chi connectivity index (χ4v) is 8.06. The molecule has 4 aliphatic carbocycles. The summed E-state index contributed by atoms with van der Waals surface area (Å²) in [7, 11) is 0. The summed E-state index contributed by atoms with van der Waals surface area (Å²) >= 11 is 0. The van der Waals surface area contributed by atoms with E-state index in [-0.39, 0.29) is 29.3 Å². The lowest BCUT2D eigenvalue weighted by molar-refractivity contribution is -0.181. The molecule has 4 aliphatic rings. The van der Waals surface area contributed by atoms with E-state index in [1.165, 1.54) is 0 Å². The van der Waals surface area contributed by atoms with E-state index in [1.807, 2.05) is 6.92 Å². The molecule has 0 aliphatic heterocycles. The molecule has 0 radical (unpaired) electrons. The topological polar surface area (TPSA) is 77.8 Å². The highest BCUT2D eigenvalue weighted by Crippen LogP contribution is 2.72. The molecule has 4 heteroatoms. The Morgan fingerprint density at radius 2 is 1.83 bits per heavy atom. The average molecular weight is 336 g/mol. The second kappa shape index (κ2) is 4.97. The minimum absolute atomic E-state index is 0.0648. The molecule has 0 amide bonds. The molecule has 0 saturated heterocycles. The number of aliphatic hydroxyl groups excluding tert-OH is 1. The SMILES string of the molecule is C[C@@]12CCC[C@](C)(C(=O)O)[C@H]1CC[C@@]13C[C@@H](CC[C@H]12)[C@](O)(CO)C3. The van der Waals surface area contributed by atoms with Gasteiger partial charge in [0, 0.05) is 0 Å². The third-order valence-electron chi connectivity index (χ3n) is 9.08. The van der Waals surface area contributed by atoms with Crippen LogP contribution in [0, 0.1) is 34.0 Å². The molecule has 0 heterocycles. The summed E-state index contributed by atoms with van der Waals surface area (Å²) < 4.78 is 0. The third-order valence-corrected chi connectivity index (χ3v) is 9.08. The number of carboxylic acids is 1. The van der Waals surface area contributed by atoms with Crippen molar-refractivity contribution < 1.29 is 20.1 Å². The predicted octanol–water partition coefficient (Wildman–Crippen LogP) is 3.21. The van der Waals surface area contributed by atoms with Gasteiger partial charge in [-0.2, -0.15) is 0 Å². The molecule has 4 saturated carbocycles. The van der Waals surface area contributed by atoms with Crippen LogP contribution < -0.4 is 0 Å². The standard InChI is InChI=1S/C20H32O4/c1-17-7-3-8-18(2,16(22)23)14(17)6-9-19-10-13(4-5-15(17)19)20(24,11-19)12-21/h13-15,21,24H,3-12H2,1-2H3,(H,22,23)/t13-,14+,15+,17-,18+,19+,20-/m1/s1. The van der Waals surface area contributed by atoms with Crippen molar-refractivity contribution in [2.24, 2.45) is 34.0 Å². The molecular weight excluding hydrogens is 304 g/mol. The van der Waals surface area contributed by atoms with Crippen LogP contribution >= 0.6 is 0 Å². The summed E-state index contributed by atoms with van der Waals surface area (Å²) in [6.07, 6.45) is 8.73. The maximum Gasteiger partial charge on any atom is 0.309 e. The van der Waals surface area contributed by atoms with Gasteiger partial charge in [0.15, 0.2) is 0 Å². The molecule has 24 heavy (non-hydrogen) atoms. The molecular formula is C20H32O4. The van der Waals surface area contributed by atoms with Crippen LogP contribution in [0.5, 0.6) is 0 Å². The van der Waals surface area contributed by atoms with Gasteiger partial charge < -0.3 is 15.3 Å². The van der Waals surface area contributed by atoms with E-state index in [4.69, 9.17) is 0 Å². The molecule has 4 nitrogen and oxygen atoms in total. The minimum Gasteiger partial charge on any atom is -0.481 e. The monoisotopic (exact) mass is 336 g/mol. The molecule has 2 bridgehead atoms. The van der Waals surface area contributed by atoms with Crippen molar-refractivity contribution in [2.45, 2.75) is 77.2 Å². The van der Waals surface area contributed by atoms with Gasteiger partial charge in [-0.1, -0.05) is 13.3 Å². The third kappa shape index (κ3) is 1.90. The molecule has 1 spiro atoms. The Kier molecular flexibility index (Phi) is 3.49. The van der Waals surface area contributed by atoms with Gasteiger partial charge in [0.25, 0.3) is 0 Å². The molecule has 4 fully saturated rings. The van der Waals surface area contributed by atoms with Gasteiger partial charge in [0.1, 0.15) is 0 Å². The first-order valence-corrected chi connectivity index (χ1v) is 9.77. The molecule has 7 atom stereocenters. The smallest absolute Gasteiger partial charge is 0.309 e. The van der Waals surface area contributed by atoms with E-state index in [0.29, 0.717) is 5.92 Å². The van der Waals surface area contributed by atoms with E-state index in [9.17, 15) is 20.1 Å². The summed E-state index contributed by atoms with van der Waals surface area (Å²) in [6, 6.07) is 0. The molecule has 4 rings (SSSR count). The van der Waals surface area contributed by atoms with E-state index in [1.54, 1.807) is 0 Å². The number of fused-ring (bicyclic) bond motifs is 3. The quantitative estimate of drug-likeness (QED) is 0.723. The van der Waals surface area contributed by atoms with Crippen molar-refractivity contribution in [3.63, 3.8) is 0 Å². The van der Waals surface area contributed by atoms with Gasteiger partial charge in [-0.05, 0) is 86.9 Å². The van der Waals surface area contributed by atoms with Crippen molar-refractivity contribution in [1.82, 2.24) is 0 Å². The van der Waals surface area contributed by atoms with Crippen LogP contribution in [-0.4, -0.2) is 33.5 Å². The molecule has 3 N–H and O–H groups in total. The first-order chi connectivity index (χ1) is 11.2. The first kappa shape index (κ1) is 16.8. The zero-order valence-corrected chi connectivity index (χ0v) is 15.1. The Bertz CT molecular complexity index is 562. The number of carbonyl (C=O) groups is 1. The second-order valence-corrected chi connectivity index (χ2v) is 10.0. The van der Waals surface area contributed by atoms with Crippen LogP contribution in [0.1, 0.15) is 71.6 Å². The summed E-state index contributed by atoms with van der Waals surface area (Å²) in [5.74, 6) is 0.348. The molecule has 136 valence electrons. The van der Waals surface area contributed by atoms with Crippen LogP contribution in [-0.2, 0) is 4.79 Å². The highest BCUT2D eigenvalue weighted by Gasteiger charge is 2.68.